The minimum absolute atomic E-state index is 0.0715. The first-order valence-corrected chi connectivity index (χ1v) is 5.40. The molecule has 0 bridgehead atoms. The van der Waals surface area contributed by atoms with E-state index in [1.165, 1.54) is 0 Å². The van der Waals surface area contributed by atoms with Crippen molar-refractivity contribution in [3.05, 3.63) is 11.7 Å². The van der Waals surface area contributed by atoms with Gasteiger partial charge >= 0.3 is 0 Å². The first-order chi connectivity index (χ1) is 6.86. The van der Waals surface area contributed by atoms with Crippen LogP contribution < -0.4 is 5.73 Å². The third-order valence-corrected chi connectivity index (χ3v) is 2.49. The highest BCUT2D eigenvalue weighted by molar-refractivity contribution is 5.03. The molecular weight excluding hydrogens is 190 g/mol. The Balaban J connectivity index is 2.92. The molecule has 0 spiro atoms. The number of aromatic nitrogens is 2. The topological polar surface area (TPSA) is 64.9 Å². The average molecular weight is 211 g/mol. The molecule has 0 radical (unpaired) electrons. The van der Waals surface area contributed by atoms with Gasteiger partial charge in [-0.3, -0.25) is 0 Å². The lowest BCUT2D eigenvalue weighted by Crippen LogP contribution is -2.19. The second-order valence-corrected chi connectivity index (χ2v) is 5.29. The fraction of sp³-hybridized carbons (Fsp3) is 0.818. The van der Waals surface area contributed by atoms with Crippen LogP contribution in [0.1, 0.15) is 52.3 Å². The Labute approximate surface area is 91.2 Å². The summed E-state index contributed by atoms with van der Waals surface area (Å²) >= 11 is 0. The molecule has 2 N–H and O–H groups in total. The Morgan fingerprint density at radius 1 is 1.33 bits per heavy atom. The molecule has 0 aliphatic heterocycles. The summed E-state index contributed by atoms with van der Waals surface area (Å²) in [6, 6.07) is 0. The van der Waals surface area contributed by atoms with Gasteiger partial charge in [0.15, 0.2) is 5.82 Å². The van der Waals surface area contributed by atoms with E-state index in [-0.39, 0.29) is 11.3 Å². The van der Waals surface area contributed by atoms with Gasteiger partial charge in [0.25, 0.3) is 0 Å². The SMILES string of the molecule is CC(C)C(CN)c1nc(C(C)(C)C)no1. The lowest BCUT2D eigenvalue weighted by Gasteiger charge is -2.14. The van der Waals surface area contributed by atoms with E-state index in [1.807, 2.05) is 0 Å². The zero-order valence-corrected chi connectivity index (χ0v) is 10.2. The van der Waals surface area contributed by atoms with Gasteiger partial charge in [-0.1, -0.05) is 39.8 Å². The second-order valence-electron chi connectivity index (χ2n) is 5.29. The number of nitrogens with two attached hydrogens (primary N) is 1. The molecule has 1 rings (SSSR count). The highest BCUT2D eigenvalue weighted by Crippen LogP contribution is 2.25. The van der Waals surface area contributed by atoms with Crippen LogP contribution in [0.5, 0.6) is 0 Å². The second kappa shape index (κ2) is 4.31. The van der Waals surface area contributed by atoms with Crippen LogP contribution in [-0.4, -0.2) is 16.7 Å². The maximum absolute atomic E-state index is 5.70. The van der Waals surface area contributed by atoms with Gasteiger partial charge < -0.3 is 10.3 Å². The van der Waals surface area contributed by atoms with Crippen molar-refractivity contribution in [2.75, 3.05) is 6.54 Å². The van der Waals surface area contributed by atoms with Gasteiger partial charge in [0.05, 0.1) is 5.92 Å². The maximum atomic E-state index is 5.70. The minimum Gasteiger partial charge on any atom is -0.339 e. The summed E-state index contributed by atoms with van der Waals surface area (Å²) in [4.78, 5) is 4.42. The molecule has 1 aromatic heterocycles. The van der Waals surface area contributed by atoms with E-state index in [4.69, 9.17) is 10.3 Å². The summed E-state index contributed by atoms with van der Waals surface area (Å²) in [6.07, 6.45) is 0. The van der Waals surface area contributed by atoms with E-state index in [1.54, 1.807) is 0 Å². The van der Waals surface area contributed by atoms with Crippen molar-refractivity contribution in [2.45, 2.75) is 46.0 Å². The van der Waals surface area contributed by atoms with Crippen LogP contribution in [-0.2, 0) is 5.41 Å². The van der Waals surface area contributed by atoms with Crippen LogP contribution in [0.3, 0.4) is 0 Å². The van der Waals surface area contributed by atoms with Crippen LogP contribution in [0.15, 0.2) is 4.52 Å². The van der Waals surface area contributed by atoms with Crippen LogP contribution in [0.4, 0.5) is 0 Å². The Morgan fingerprint density at radius 2 is 1.93 bits per heavy atom. The van der Waals surface area contributed by atoms with Gasteiger partial charge in [0.2, 0.25) is 5.89 Å². The van der Waals surface area contributed by atoms with E-state index in [0.717, 1.165) is 5.82 Å². The van der Waals surface area contributed by atoms with E-state index < -0.39 is 0 Å². The first-order valence-electron chi connectivity index (χ1n) is 5.40. The zero-order chi connectivity index (χ0) is 11.6. The van der Waals surface area contributed by atoms with Crippen molar-refractivity contribution in [3.63, 3.8) is 0 Å². The summed E-state index contributed by atoms with van der Waals surface area (Å²) in [6.45, 7) is 11.0. The molecule has 86 valence electrons. The van der Waals surface area contributed by atoms with Crippen LogP contribution in [0.25, 0.3) is 0 Å². The molecule has 1 aromatic rings. The minimum atomic E-state index is -0.0715. The molecule has 1 heterocycles. The normalized spacial score (nSPS) is 14.6. The van der Waals surface area contributed by atoms with Crippen molar-refractivity contribution in [2.24, 2.45) is 11.7 Å². The van der Waals surface area contributed by atoms with E-state index in [2.05, 4.69) is 44.8 Å². The average Bonchev–Trinajstić information content (AvgIpc) is 2.52. The molecule has 0 aliphatic rings. The molecule has 0 saturated carbocycles. The fourth-order valence-corrected chi connectivity index (χ4v) is 1.35. The van der Waals surface area contributed by atoms with Crippen LogP contribution >= 0.6 is 0 Å². The van der Waals surface area contributed by atoms with Gasteiger partial charge in [-0.15, -0.1) is 0 Å². The van der Waals surface area contributed by atoms with Crippen LogP contribution in [0.2, 0.25) is 0 Å². The monoisotopic (exact) mass is 211 g/mol. The number of hydrogen-bond acceptors (Lipinski definition) is 4. The molecule has 0 saturated heterocycles. The summed E-state index contributed by atoms with van der Waals surface area (Å²) in [5.41, 5.74) is 5.62. The van der Waals surface area contributed by atoms with Gasteiger partial charge in [-0.25, -0.2) is 0 Å². The molecule has 0 aromatic carbocycles. The predicted molar refractivity (Wildman–Crippen MR) is 59.6 cm³/mol. The van der Waals surface area contributed by atoms with Gasteiger partial charge in [-0.2, -0.15) is 4.98 Å². The largest absolute Gasteiger partial charge is 0.339 e. The molecule has 4 heteroatoms. The molecule has 1 atom stereocenters. The van der Waals surface area contributed by atoms with E-state index in [9.17, 15) is 0 Å². The highest BCUT2D eigenvalue weighted by Gasteiger charge is 2.25. The standard InChI is InChI=1S/C11H21N3O/c1-7(2)8(6-12)9-13-10(14-15-9)11(3,4)5/h7-8H,6,12H2,1-5H3. The Bertz CT molecular complexity index is 312. The Hall–Kier alpha value is -0.900. The molecule has 0 amide bonds. The summed E-state index contributed by atoms with van der Waals surface area (Å²) in [5.74, 6) is 1.99. The molecule has 0 fully saturated rings. The highest BCUT2D eigenvalue weighted by atomic mass is 16.5. The summed E-state index contributed by atoms with van der Waals surface area (Å²) in [5, 5.41) is 4.00. The summed E-state index contributed by atoms with van der Waals surface area (Å²) in [7, 11) is 0. The van der Waals surface area contributed by atoms with Gasteiger partial charge in [0.1, 0.15) is 0 Å². The maximum Gasteiger partial charge on any atom is 0.231 e. The van der Waals surface area contributed by atoms with E-state index >= 15 is 0 Å². The van der Waals surface area contributed by atoms with Crippen molar-refractivity contribution >= 4 is 0 Å². The van der Waals surface area contributed by atoms with E-state index in [0.29, 0.717) is 18.4 Å². The summed E-state index contributed by atoms with van der Waals surface area (Å²) < 4.78 is 5.26. The Kier molecular flexibility index (Phi) is 3.50. The van der Waals surface area contributed by atoms with Gasteiger partial charge in [-0.05, 0) is 5.92 Å². The van der Waals surface area contributed by atoms with Crippen molar-refractivity contribution in [3.8, 4) is 0 Å². The number of hydrogen-bond donors (Lipinski definition) is 1. The Morgan fingerprint density at radius 3 is 2.27 bits per heavy atom. The zero-order valence-electron chi connectivity index (χ0n) is 10.2. The molecular formula is C11H21N3O. The van der Waals surface area contributed by atoms with Crippen molar-refractivity contribution < 1.29 is 4.52 Å². The molecule has 4 nitrogen and oxygen atoms in total. The van der Waals surface area contributed by atoms with Gasteiger partial charge in [0, 0.05) is 12.0 Å². The third-order valence-electron chi connectivity index (χ3n) is 2.49. The van der Waals surface area contributed by atoms with Crippen molar-refractivity contribution in [1.29, 1.82) is 0 Å². The molecule has 0 aliphatic carbocycles. The van der Waals surface area contributed by atoms with Crippen LogP contribution in [0, 0.1) is 5.92 Å². The third kappa shape index (κ3) is 2.78. The number of nitrogens with zero attached hydrogens (tertiary/aromatic N) is 2. The smallest absolute Gasteiger partial charge is 0.231 e. The first kappa shape index (κ1) is 12.2. The quantitative estimate of drug-likeness (QED) is 0.831. The predicted octanol–water partition coefficient (Wildman–Crippen LogP) is 2.07. The molecule has 1 unspecified atom stereocenters. The molecule has 15 heavy (non-hydrogen) atoms. The number of rotatable bonds is 3. The van der Waals surface area contributed by atoms with Crippen molar-refractivity contribution in [1.82, 2.24) is 10.1 Å². The lowest BCUT2D eigenvalue weighted by molar-refractivity contribution is 0.318. The fourth-order valence-electron chi connectivity index (χ4n) is 1.35. The lowest BCUT2D eigenvalue weighted by atomic mass is 9.94.